The molecule has 0 aromatic carbocycles. The van der Waals surface area contributed by atoms with E-state index in [9.17, 15) is 0 Å². The number of rotatable bonds is 3. The van der Waals surface area contributed by atoms with Crippen molar-refractivity contribution in [2.75, 3.05) is 14.1 Å². The summed E-state index contributed by atoms with van der Waals surface area (Å²) in [7, 11) is 3.85. The fraction of sp³-hybridized carbons (Fsp3) is 0.250. The lowest BCUT2D eigenvalue weighted by atomic mass is 10.3. The van der Waals surface area contributed by atoms with Crippen molar-refractivity contribution in [3.8, 4) is 0 Å². The largest absolute Gasteiger partial charge is 0.399 e. The average molecular weight is 138 g/mol. The van der Waals surface area contributed by atoms with Gasteiger partial charge in [0.1, 0.15) is 0 Å². The van der Waals surface area contributed by atoms with Crippen LogP contribution >= 0.6 is 0 Å². The van der Waals surface area contributed by atoms with Crippen molar-refractivity contribution >= 4 is 0 Å². The van der Waals surface area contributed by atoms with Crippen LogP contribution in [0.15, 0.2) is 36.7 Å². The Bertz CT molecular complexity index is 166. The molecule has 0 bridgehead atoms. The first kappa shape index (κ1) is 8.82. The second-order valence-corrected chi connectivity index (χ2v) is 2.29. The van der Waals surface area contributed by atoms with Crippen LogP contribution < -0.4 is 5.73 Å². The molecule has 0 radical (unpaired) electrons. The van der Waals surface area contributed by atoms with E-state index in [1.807, 2.05) is 25.1 Å². The number of hydrogen-bond donors (Lipinski definition) is 1. The van der Waals surface area contributed by atoms with E-state index in [-0.39, 0.29) is 0 Å². The van der Waals surface area contributed by atoms with Gasteiger partial charge in [-0.2, -0.15) is 0 Å². The summed E-state index contributed by atoms with van der Waals surface area (Å²) in [6.45, 7) is 7.29. The lowest BCUT2D eigenvalue weighted by molar-refractivity contribution is 0.532. The van der Waals surface area contributed by atoms with E-state index in [1.54, 1.807) is 6.08 Å². The molecule has 2 nitrogen and oxygen atoms in total. The predicted molar refractivity (Wildman–Crippen MR) is 45.3 cm³/mol. The van der Waals surface area contributed by atoms with E-state index >= 15 is 0 Å². The third-order valence-electron chi connectivity index (χ3n) is 1.06. The van der Waals surface area contributed by atoms with Crippen molar-refractivity contribution in [1.82, 2.24) is 4.90 Å². The molecule has 0 aliphatic rings. The van der Waals surface area contributed by atoms with Crippen molar-refractivity contribution in [1.29, 1.82) is 0 Å². The minimum absolute atomic E-state index is 0.544. The van der Waals surface area contributed by atoms with Crippen molar-refractivity contribution in [2.24, 2.45) is 5.73 Å². The van der Waals surface area contributed by atoms with E-state index in [0.29, 0.717) is 5.70 Å². The molecular formula is C8H14N2. The quantitative estimate of drug-likeness (QED) is 0.591. The minimum atomic E-state index is 0.544. The molecular weight excluding hydrogens is 124 g/mol. The van der Waals surface area contributed by atoms with Crippen molar-refractivity contribution in [3.63, 3.8) is 0 Å². The van der Waals surface area contributed by atoms with Crippen LogP contribution in [0.1, 0.15) is 0 Å². The Hall–Kier alpha value is -1.18. The Labute approximate surface area is 62.3 Å². The molecule has 0 unspecified atom stereocenters. The lowest BCUT2D eigenvalue weighted by Crippen LogP contribution is -2.07. The Morgan fingerprint density at radius 3 is 2.10 bits per heavy atom. The summed E-state index contributed by atoms with van der Waals surface area (Å²) in [5.74, 6) is 0. The second-order valence-electron chi connectivity index (χ2n) is 2.29. The van der Waals surface area contributed by atoms with Gasteiger partial charge in [-0.1, -0.05) is 13.2 Å². The lowest BCUT2D eigenvalue weighted by Gasteiger charge is -2.10. The monoisotopic (exact) mass is 138 g/mol. The highest BCUT2D eigenvalue weighted by Crippen LogP contribution is 1.96. The molecule has 0 saturated heterocycles. The van der Waals surface area contributed by atoms with Gasteiger partial charge in [-0.3, -0.25) is 0 Å². The van der Waals surface area contributed by atoms with Crippen LogP contribution in [-0.2, 0) is 0 Å². The van der Waals surface area contributed by atoms with Crippen LogP contribution in [0, 0.1) is 0 Å². The molecule has 0 rings (SSSR count). The van der Waals surface area contributed by atoms with Crippen LogP contribution in [0.25, 0.3) is 0 Å². The highest BCUT2D eigenvalue weighted by atomic mass is 15.1. The molecule has 56 valence electrons. The van der Waals surface area contributed by atoms with Gasteiger partial charge in [-0.15, -0.1) is 0 Å². The summed E-state index contributed by atoms with van der Waals surface area (Å²) in [6, 6.07) is 0. The van der Waals surface area contributed by atoms with Gasteiger partial charge < -0.3 is 10.6 Å². The van der Waals surface area contributed by atoms with Crippen molar-refractivity contribution in [3.05, 3.63) is 36.7 Å². The standard InChI is InChI=1S/C8H14N2/c1-7(9)5-6-8(2)10(3)4/h5-6H,1-2,9H2,3-4H3/b6-5-. The molecule has 0 aliphatic heterocycles. The topological polar surface area (TPSA) is 29.3 Å². The van der Waals surface area contributed by atoms with Gasteiger partial charge in [0.2, 0.25) is 0 Å². The van der Waals surface area contributed by atoms with E-state index in [1.165, 1.54) is 0 Å². The zero-order chi connectivity index (χ0) is 8.15. The van der Waals surface area contributed by atoms with Crippen LogP contribution in [0.2, 0.25) is 0 Å². The van der Waals surface area contributed by atoms with Gasteiger partial charge in [0.25, 0.3) is 0 Å². The van der Waals surface area contributed by atoms with Crippen LogP contribution in [0.5, 0.6) is 0 Å². The van der Waals surface area contributed by atoms with Crippen LogP contribution in [0.4, 0.5) is 0 Å². The molecule has 0 aliphatic carbocycles. The number of nitrogens with zero attached hydrogens (tertiary/aromatic N) is 1. The van der Waals surface area contributed by atoms with E-state index in [4.69, 9.17) is 5.73 Å². The summed E-state index contributed by atoms with van der Waals surface area (Å²) in [4.78, 5) is 1.90. The third kappa shape index (κ3) is 3.78. The Morgan fingerprint density at radius 1 is 1.30 bits per heavy atom. The Balaban J connectivity index is 3.90. The summed E-state index contributed by atoms with van der Waals surface area (Å²) in [5, 5.41) is 0. The Morgan fingerprint density at radius 2 is 1.80 bits per heavy atom. The zero-order valence-corrected chi connectivity index (χ0v) is 6.59. The van der Waals surface area contributed by atoms with Crippen molar-refractivity contribution < 1.29 is 0 Å². The molecule has 0 saturated carbocycles. The first-order valence-corrected chi connectivity index (χ1v) is 3.02. The highest BCUT2D eigenvalue weighted by Gasteiger charge is 1.87. The SMILES string of the molecule is C=C(N)/C=C\C(=C)N(C)C. The van der Waals surface area contributed by atoms with Gasteiger partial charge in [-0.25, -0.2) is 0 Å². The van der Waals surface area contributed by atoms with E-state index < -0.39 is 0 Å². The van der Waals surface area contributed by atoms with Gasteiger partial charge in [0.15, 0.2) is 0 Å². The van der Waals surface area contributed by atoms with E-state index in [2.05, 4.69) is 13.2 Å². The first-order valence-electron chi connectivity index (χ1n) is 3.02. The van der Waals surface area contributed by atoms with Gasteiger partial charge in [0, 0.05) is 25.5 Å². The van der Waals surface area contributed by atoms with Gasteiger partial charge >= 0.3 is 0 Å². The number of hydrogen-bond acceptors (Lipinski definition) is 2. The molecule has 0 heterocycles. The normalized spacial score (nSPS) is 9.80. The fourth-order valence-electron chi connectivity index (χ4n) is 0.352. The van der Waals surface area contributed by atoms with Gasteiger partial charge in [0.05, 0.1) is 0 Å². The summed E-state index contributed by atoms with van der Waals surface area (Å²) >= 11 is 0. The maximum absolute atomic E-state index is 5.30. The van der Waals surface area contributed by atoms with Gasteiger partial charge in [-0.05, 0) is 12.2 Å². The molecule has 2 N–H and O–H groups in total. The highest BCUT2D eigenvalue weighted by molar-refractivity contribution is 5.20. The summed E-state index contributed by atoms with van der Waals surface area (Å²) < 4.78 is 0. The number of allylic oxidation sites excluding steroid dienone is 2. The Kier molecular flexibility index (Phi) is 3.33. The first-order chi connectivity index (χ1) is 4.54. The molecule has 0 amide bonds. The fourth-order valence-corrected chi connectivity index (χ4v) is 0.352. The molecule has 0 spiro atoms. The molecule has 0 fully saturated rings. The number of likely N-dealkylation sites (N-methyl/N-ethyl adjacent to an activating group) is 1. The molecule has 2 heteroatoms. The van der Waals surface area contributed by atoms with E-state index in [0.717, 1.165) is 5.70 Å². The molecule has 0 atom stereocenters. The van der Waals surface area contributed by atoms with Crippen LogP contribution in [0.3, 0.4) is 0 Å². The van der Waals surface area contributed by atoms with Crippen LogP contribution in [-0.4, -0.2) is 19.0 Å². The minimum Gasteiger partial charge on any atom is -0.399 e. The predicted octanol–water partition coefficient (Wildman–Crippen LogP) is 1.09. The van der Waals surface area contributed by atoms with Crippen molar-refractivity contribution in [2.45, 2.75) is 0 Å². The summed E-state index contributed by atoms with van der Waals surface area (Å²) in [5.41, 5.74) is 6.75. The average Bonchev–Trinajstić information content (AvgIpc) is 1.82. The molecule has 0 aromatic heterocycles. The maximum Gasteiger partial charge on any atom is 0.0288 e. The number of nitrogens with two attached hydrogens (primary N) is 1. The molecule has 0 aromatic rings. The summed E-state index contributed by atoms with van der Waals surface area (Å²) in [6.07, 6.45) is 3.55. The third-order valence-corrected chi connectivity index (χ3v) is 1.06. The maximum atomic E-state index is 5.30. The second kappa shape index (κ2) is 3.77. The molecule has 10 heavy (non-hydrogen) atoms. The smallest absolute Gasteiger partial charge is 0.0288 e. The zero-order valence-electron chi connectivity index (χ0n) is 6.59.